The average Bonchev–Trinajstić information content (AvgIpc) is 2.46. The largest absolute Gasteiger partial charge is 0.478 e. The van der Waals surface area contributed by atoms with Crippen LogP contribution in [-0.2, 0) is 9.53 Å². The van der Waals surface area contributed by atoms with E-state index in [4.69, 9.17) is 4.74 Å². The third-order valence-electron chi connectivity index (χ3n) is 3.31. The van der Waals surface area contributed by atoms with Crippen LogP contribution < -0.4 is 10.2 Å². The molecule has 6 nitrogen and oxygen atoms in total. The molecule has 2 N–H and O–H groups in total. The zero-order valence-corrected chi connectivity index (χ0v) is 12.2. The van der Waals surface area contributed by atoms with Gasteiger partial charge in [-0.1, -0.05) is 12.1 Å². The summed E-state index contributed by atoms with van der Waals surface area (Å²) in [5, 5.41) is 12.2. The van der Waals surface area contributed by atoms with E-state index in [2.05, 4.69) is 5.32 Å². The smallest absolute Gasteiger partial charge is 0.337 e. The Bertz CT molecular complexity index is 530. The summed E-state index contributed by atoms with van der Waals surface area (Å²) in [6.45, 7) is 4.99. The van der Waals surface area contributed by atoms with E-state index in [1.807, 2.05) is 18.7 Å². The fourth-order valence-corrected chi connectivity index (χ4v) is 2.39. The van der Waals surface area contributed by atoms with E-state index in [1.165, 1.54) is 0 Å². The third-order valence-corrected chi connectivity index (χ3v) is 3.31. The molecule has 1 aromatic carbocycles. The first kappa shape index (κ1) is 15.3. The molecule has 0 saturated carbocycles. The van der Waals surface area contributed by atoms with Crippen molar-refractivity contribution >= 4 is 17.6 Å². The molecule has 1 aromatic rings. The predicted molar refractivity (Wildman–Crippen MR) is 78.6 cm³/mol. The van der Waals surface area contributed by atoms with Gasteiger partial charge in [0.25, 0.3) is 0 Å². The van der Waals surface area contributed by atoms with Crippen molar-refractivity contribution in [2.75, 3.05) is 24.7 Å². The number of anilines is 1. The number of para-hydroxylation sites is 1. The Labute approximate surface area is 123 Å². The quantitative estimate of drug-likeness (QED) is 0.869. The van der Waals surface area contributed by atoms with Crippen molar-refractivity contribution in [3.63, 3.8) is 0 Å². The van der Waals surface area contributed by atoms with Gasteiger partial charge >= 0.3 is 5.97 Å². The number of morpholine rings is 1. The van der Waals surface area contributed by atoms with Crippen LogP contribution in [0.5, 0.6) is 0 Å². The lowest BCUT2D eigenvalue weighted by atomic mass is 10.1. The molecule has 21 heavy (non-hydrogen) atoms. The number of carboxylic acid groups (broad SMARTS) is 1. The first-order valence-electron chi connectivity index (χ1n) is 6.97. The average molecular weight is 292 g/mol. The molecule has 1 atom stereocenters. The predicted octanol–water partition coefficient (Wildman–Crippen LogP) is 1.11. The maximum atomic E-state index is 12.3. The number of nitrogens with one attached hydrogen (secondary N) is 1. The molecule has 1 aliphatic heterocycles. The lowest BCUT2D eigenvalue weighted by Crippen LogP contribution is -2.55. The van der Waals surface area contributed by atoms with E-state index in [1.54, 1.807) is 24.3 Å². The van der Waals surface area contributed by atoms with E-state index in [-0.39, 0.29) is 24.1 Å². The van der Waals surface area contributed by atoms with Gasteiger partial charge in [0, 0.05) is 12.6 Å². The zero-order valence-electron chi connectivity index (χ0n) is 12.2. The number of rotatable bonds is 4. The number of amides is 1. The highest BCUT2D eigenvalue weighted by atomic mass is 16.5. The van der Waals surface area contributed by atoms with Crippen molar-refractivity contribution in [2.45, 2.75) is 25.9 Å². The molecule has 0 bridgehead atoms. The van der Waals surface area contributed by atoms with Gasteiger partial charge in [0.2, 0.25) is 5.91 Å². The number of carbonyl (C=O) groups is 2. The Hall–Kier alpha value is -2.08. The third kappa shape index (κ3) is 3.52. The van der Waals surface area contributed by atoms with Gasteiger partial charge in [0.1, 0.15) is 6.04 Å². The standard InChI is InChI=1S/C15H20N2O4/c1-10(2)16-14(18)13-9-21-8-7-17(13)12-6-4-3-5-11(12)15(19)20/h3-6,10,13H,7-9H2,1-2H3,(H,16,18)(H,19,20). The van der Waals surface area contributed by atoms with Crippen LogP contribution in [0.25, 0.3) is 0 Å². The monoisotopic (exact) mass is 292 g/mol. The number of ether oxygens (including phenoxy) is 1. The van der Waals surface area contributed by atoms with Crippen LogP contribution in [0.2, 0.25) is 0 Å². The lowest BCUT2D eigenvalue weighted by Gasteiger charge is -2.37. The minimum absolute atomic E-state index is 0.0241. The maximum absolute atomic E-state index is 12.3. The fraction of sp³-hybridized carbons (Fsp3) is 0.467. The van der Waals surface area contributed by atoms with Crippen molar-refractivity contribution in [3.8, 4) is 0 Å². The minimum Gasteiger partial charge on any atom is -0.478 e. The molecular formula is C15H20N2O4. The van der Waals surface area contributed by atoms with Crippen molar-refractivity contribution in [1.29, 1.82) is 0 Å². The van der Waals surface area contributed by atoms with Crippen LogP contribution in [-0.4, -0.2) is 48.8 Å². The number of carboxylic acids is 1. The number of hydrogen-bond acceptors (Lipinski definition) is 4. The summed E-state index contributed by atoms with van der Waals surface area (Å²) in [4.78, 5) is 25.5. The first-order chi connectivity index (χ1) is 10.0. The summed E-state index contributed by atoms with van der Waals surface area (Å²) in [5.41, 5.74) is 0.749. The fourth-order valence-electron chi connectivity index (χ4n) is 2.39. The Morgan fingerprint density at radius 2 is 2.10 bits per heavy atom. The van der Waals surface area contributed by atoms with Gasteiger partial charge in [-0.05, 0) is 26.0 Å². The second-order valence-electron chi connectivity index (χ2n) is 5.27. The number of aromatic carboxylic acids is 1. The van der Waals surface area contributed by atoms with Gasteiger partial charge in [-0.3, -0.25) is 4.79 Å². The second kappa shape index (κ2) is 6.58. The van der Waals surface area contributed by atoms with Crippen molar-refractivity contribution in [2.24, 2.45) is 0 Å². The molecule has 1 aliphatic rings. The van der Waals surface area contributed by atoms with Gasteiger partial charge in [-0.15, -0.1) is 0 Å². The highest BCUT2D eigenvalue weighted by Gasteiger charge is 2.31. The SMILES string of the molecule is CC(C)NC(=O)C1COCCN1c1ccccc1C(=O)O. The summed E-state index contributed by atoms with van der Waals surface area (Å²) in [6.07, 6.45) is 0. The molecule has 114 valence electrons. The van der Waals surface area contributed by atoms with Crippen molar-refractivity contribution in [1.82, 2.24) is 5.32 Å². The molecule has 0 aromatic heterocycles. The number of benzene rings is 1. The van der Waals surface area contributed by atoms with E-state index in [9.17, 15) is 14.7 Å². The number of nitrogens with zero attached hydrogens (tertiary/aromatic N) is 1. The highest BCUT2D eigenvalue weighted by molar-refractivity contribution is 5.96. The number of hydrogen-bond donors (Lipinski definition) is 2. The molecule has 1 saturated heterocycles. The number of carbonyl (C=O) groups excluding carboxylic acids is 1. The van der Waals surface area contributed by atoms with E-state index in [0.717, 1.165) is 0 Å². The zero-order chi connectivity index (χ0) is 15.4. The van der Waals surface area contributed by atoms with Crippen molar-refractivity contribution in [3.05, 3.63) is 29.8 Å². The van der Waals surface area contributed by atoms with E-state index < -0.39 is 12.0 Å². The summed E-state index contributed by atoms with van der Waals surface area (Å²) in [5.74, 6) is -1.15. The van der Waals surface area contributed by atoms with Crippen LogP contribution in [0.3, 0.4) is 0 Å². The summed E-state index contributed by atoms with van der Waals surface area (Å²) in [6, 6.07) is 6.23. The molecule has 0 radical (unpaired) electrons. The van der Waals surface area contributed by atoms with Crippen LogP contribution >= 0.6 is 0 Å². The molecule has 1 fully saturated rings. The van der Waals surface area contributed by atoms with Gasteiger partial charge in [-0.2, -0.15) is 0 Å². The molecular weight excluding hydrogens is 272 g/mol. The first-order valence-corrected chi connectivity index (χ1v) is 6.97. The second-order valence-corrected chi connectivity index (χ2v) is 5.27. The molecule has 0 spiro atoms. The maximum Gasteiger partial charge on any atom is 0.337 e. The molecule has 0 aliphatic carbocycles. The topological polar surface area (TPSA) is 78.9 Å². The Kier molecular flexibility index (Phi) is 4.80. The normalized spacial score (nSPS) is 18.6. The minimum atomic E-state index is -1.000. The highest BCUT2D eigenvalue weighted by Crippen LogP contribution is 2.24. The molecule has 1 amide bonds. The van der Waals surface area contributed by atoms with Gasteiger partial charge in [-0.25, -0.2) is 4.79 Å². The molecule has 1 heterocycles. The molecule has 1 unspecified atom stereocenters. The van der Waals surface area contributed by atoms with Gasteiger partial charge < -0.3 is 20.1 Å². The summed E-state index contributed by atoms with van der Waals surface area (Å²) in [7, 11) is 0. The Morgan fingerprint density at radius 1 is 1.38 bits per heavy atom. The van der Waals surface area contributed by atoms with Crippen LogP contribution in [0.1, 0.15) is 24.2 Å². The Morgan fingerprint density at radius 3 is 2.76 bits per heavy atom. The van der Waals surface area contributed by atoms with Crippen molar-refractivity contribution < 1.29 is 19.4 Å². The van der Waals surface area contributed by atoms with Crippen LogP contribution in [0.4, 0.5) is 5.69 Å². The Balaban J connectivity index is 2.31. The molecule has 6 heteroatoms. The van der Waals surface area contributed by atoms with E-state index in [0.29, 0.717) is 18.8 Å². The van der Waals surface area contributed by atoms with Crippen LogP contribution in [0, 0.1) is 0 Å². The van der Waals surface area contributed by atoms with Gasteiger partial charge in [0.15, 0.2) is 0 Å². The van der Waals surface area contributed by atoms with E-state index >= 15 is 0 Å². The summed E-state index contributed by atoms with van der Waals surface area (Å²) < 4.78 is 5.39. The lowest BCUT2D eigenvalue weighted by molar-refractivity contribution is -0.125. The summed E-state index contributed by atoms with van der Waals surface area (Å²) >= 11 is 0. The van der Waals surface area contributed by atoms with Crippen LogP contribution in [0.15, 0.2) is 24.3 Å². The molecule has 2 rings (SSSR count). The van der Waals surface area contributed by atoms with Gasteiger partial charge in [0.05, 0.1) is 24.5 Å².